The first-order valence-electron chi connectivity index (χ1n) is 7.94. The number of hydrogen-bond acceptors (Lipinski definition) is 4. The summed E-state index contributed by atoms with van der Waals surface area (Å²) in [5, 5.41) is 9.89. The minimum absolute atomic E-state index is 0.141. The molecule has 118 valence electrons. The van der Waals surface area contributed by atoms with Gasteiger partial charge >= 0.3 is 0 Å². The summed E-state index contributed by atoms with van der Waals surface area (Å²) in [5.41, 5.74) is 7.92. The number of piperazine rings is 1. The Hall–Kier alpha value is -1.10. The molecule has 1 atom stereocenters. The number of nitrogens with zero attached hydrogens (tertiary/aromatic N) is 2. The van der Waals surface area contributed by atoms with Gasteiger partial charge in [0, 0.05) is 44.5 Å². The van der Waals surface area contributed by atoms with Gasteiger partial charge in [0.1, 0.15) is 0 Å². The molecule has 0 saturated carbocycles. The van der Waals surface area contributed by atoms with Crippen molar-refractivity contribution in [1.82, 2.24) is 4.90 Å². The molecule has 1 aromatic rings. The Balaban J connectivity index is 1.90. The molecule has 3 N–H and O–H groups in total. The van der Waals surface area contributed by atoms with Crippen LogP contribution in [0.25, 0.3) is 0 Å². The van der Waals surface area contributed by atoms with Gasteiger partial charge in [-0.1, -0.05) is 19.1 Å². The fraction of sp³-hybridized carbons (Fsp3) is 0.647. The van der Waals surface area contributed by atoms with Gasteiger partial charge in [0.25, 0.3) is 0 Å². The molecule has 0 amide bonds. The van der Waals surface area contributed by atoms with E-state index in [1.165, 1.54) is 11.3 Å². The van der Waals surface area contributed by atoms with Gasteiger partial charge in [0.05, 0.1) is 5.60 Å². The highest BCUT2D eigenvalue weighted by molar-refractivity contribution is 5.48. The second-order valence-electron chi connectivity index (χ2n) is 6.68. The van der Waals surface area contributed by atoms with Crippen LogP contribution in [0, 0.1) is 0 Å². The standard InChI is InChI=1S/C17H29N3O/c1-4-16(18)14-5-7-15(8-6-14)20-11-9-19(10-12-20)13-17(2,3)21/h5-8,16,21H,4,9-13,18H2,1-3H3. The van der Waals surface area contributed by atoms with Crippen molar-refractivity contribution in [3.8, 4) is 0 Å². The summed E-state index contributed by atoms with van der Waals surface area (Å²) < 4.78 is 0. The number of anilines is 1. The highest BCUT2D eigenvalue weighted by Gasteiger charge is 2.22. The zero-order valence-corrected chi connectivity index (χ0v) is 13.5. The van der Waals surface area contributed by atoms with Crippen molar-refractivity contribution in [2.45, 2.75) is 38.8 Å². The first-order chi connectivity index (χ1) is 9.89. The zero-order valence-electron chi connectivity index (χ0n) is 13.5. The highest BCUT2D eigenvalue weighted by Crippen LogP contribution is 2.21. The Morgan fingerprint density at radius 2 is 1.71 bits per heavy atom. The number of benzene rings is 1. The maximum absolute atomic E-state index is 9.89. The van der Waals surface area contributed by atoms with E-state index in [2.05, 4.69) is 41.0 Å². The van der Waals surface area contributed by atoms with Crippen LogP contribution in [0.5, 0.6) is 0 Å². The van der Waals surface area contributed by atoms with Gasteiger partial charge in [-0.15, -0.1) is 0 Å². The maximum atomic E-state index is 9.89. The summed E-state index contributed by atoms with van der Waals surface area (Å²) in [4.78, 5) is 4.74. The molecule has 0 spiro atoms. The average molecular weight is 291 g/mol. The van der Waals surface area contributed by atoms with E-state index in [9.17, 15) is 5.11 Å². The molecule has 0 aromatic heterocycles. The van der Waals surface area contributed by atoms with Crippen molar-refractivity contribution in [2.75, 3.05) is 37.6 Å². The molecule has 1 heterocycles. The molecule has 1 aliphatic rings. The van der Waals surface area contributed by atoms with Crippen molar-refractivity contribution in [3.05, 3.63) is 29.8 Å². The smallest absolute Gasteiger partial charge is 0.0718 e. The normalized spacial score (nSPS) is 18.8. The van der Waals surface area contributed by atoms with E-state index < -0.39 is 5.60 Å². The average Bonchev–Trinajstić information content (AvgIpc) is 2.46. The van der Waals surface area contributed by atoms with Crippen LogP contribution in [-0.4, -0.2) is 48.3 Å². The molecule has 0 aliphatic carbocycles. The quantitative estimate of drug-likeness (QED) is 0.871. The molecule has 1 fully saturated rings. The lowest BCUT2D eigenvalue weighted by atomic mass is 10.0. The Bertz CT molecular complexity index is 430. The molecule has 1 saturated heterocycles. The largest absolute Gasteiger partial charge is 0.389 e. The van der Waals surface area contributed by atoms with Crippen molar-refractivity contribution < 1.29 is 5.11 Å². The molecular formula is C17H29N3O. The predicted octanol–water partition coefficient (Wildman–Crippen LogP) is 1.99. The summed E-state index contributed by atoms with van der Waals surface area (Å²) in [6, 6.07) is 8.79. The van der Waals surface area contributed by atoms with Gasteiger partial charge in [-0.2, -0.15) is 0 Å². The molecule has 4 nitrogen and oxygen atoms in total. The molecule has 4 heteroatoms. The summed E-state index contributed by atoms with van der Waals surface area (Å²) >= 11 is 0. The van der Waals surface area contributed by atoms with Crippen molar-refractivity contribution in [2.24, 2.45) is 5.73 Å². The topological polar surface area (TPSA) is 52.7 Å². The molecule has 1 aromatic carbocycles. The number of nitrogens with two attached hydrogens (primary N) is 1. The maximum Gasteiger partial charge on any atom is 0.0718 e. The van der Waals surface area contributed by atoms with E-state index in [0.717, 1.165) is 39.1 Å². The van der Waals surface area contributed by atoms with Crippen molar-refractivity contribution in [1.29, 1.82) is 0 Å². The Morgan fingerprint density at radius 1 is 1.14 bits per heavy atom. The van der Waals surface area contributed by atoms with Crippen LogP contribution in [0.3, 0.4) is 0 Å². The lowest BCUT2D eigenvalue weighted by molar-refractivity contribution is 0.0345. The number of hydrogen-bond donors (Lipinski definition) is 2. The Morgan fingerprint density at radius 3 is 2.19 bits per heavy atom. The fourth-order valence-corrected chi connectivity index (χ4v) is 2.88. The van der Waals surface area contributed by atoms with Crippen molar-refractivity contribution >= 4 is 5.69 Å². The van der Waals surface area contributed by atoms with E-state index in [4.69, 9.17) is 5.73 Å². The van der Waals surface area contributed by atoms with Crippen LogP contribution in [0.2, 0.25) is 0 Å². The second kappa shape index (κ2) is 6.77. The third-order valence-electron chi connectivity index (χ3n) is 4.11. The van der Waals surface area contributed by atoms with Crippen molar-refractivity contribution in [3.63, 3.8) is 0 Å². The van der Waals surface area contributed by atoms with E-state index in [-0.39, 0.29) is 6.04 Å². The third kappa shape index (κ3) is 4.70. The summed E-state index contributed by atoms with van der Waals surface area (Å²) in [5.74, 6) is 0. The molecule has 1 aliphatic heterocycles. The fourth-order valence-electron chi connectivity index (χ4n) is 2.88. The number of aliphatic hydroxyl groups is 1. The lowest BCUT2D eigenvalue weighted by Crippen LogP contribution is -2.50. The minimum atomic E-state index is -0.611. The zero-order chi connectivity index (χ0) is 15.5. The lowest BCUT2D eigenvalue weighted by Gasteiger charge is -2.38. The molecular weight excluding hydrogens is 262 g/mol. The van der Waals surface area contributed by atoms with Crippen LogP contribution in [0.1, 0.15) is 38.8 Å². The monoisotopic (exact) mass is 291 g/mol. The first kappa shape index (κ1) is 16.3. The molecule has 2 rings (SSSR count). The minimum Gasteiger partial charge on any atom is -0.389 e. The predicted molar refractivity (Wildman–Crippen MR) is 88.6 cm³/mol. The van der Waals surface area contributed by atoms with Gasteiger partial charge in [0.15, 0.2) is 0 Å². The van der Waals surface area contributed by atoms with Crippen LogP contribution < -0.4 is 10.6 Å². The molecule has 21 heavy (non-hydrogen) atoms. The van der Waals surface area contributed by atoms with Crippen LogP contribution >= 0.6 is 0 Å². The van der Waals surface area contributed by atoms with Crippen LogP contribution in [0.4, 0.5) is 5.69 Å². The Kier molecular flexibility index (Phi) is 5.25. The molecule has 0 radical (unpaired) electrons. The van der Waals surface area contributed by atoms with Gasteiger partial charge in [-0.3, -0.25) is 4.90 Å². The summed E-state index contributed by atoms with van der Waals surface area (Å²) in [7, 11) is 0. The van der Waals surface area contributed by atoms with Gasteiger partial charge in [-0.25, -0.2) is 0 Å². The molecule has 0 bridgehead atoms. The number of β-amino-alcohol motifs (C(OH)–C–C–N with tert-alkyl or cyclic N) is 1. The van der Waals surface area contributed by atoms with E-state index in [1.54, 1.807) is 0 Å². The van der Waals surface area contributed by atoms with Gasteiger partial charge in [-0.05, 0) is 38.0 Å². The van der Waals surface area contributed by atoms with Crippen LogP contribution in [0.15, 0.2) is 24.3 Å². The first-order valence-corrected chi connectivity index (χ1v) is 7.94. The van der Waals surface area contributed by atoms with E-state index >= 15 is 0 Å². The second-order valence-corrected chi connectivity index (χ2v) is 6.68. The highest BCUT2D eigenvalue weighted by atomic mass is 16.3. The summed E-state index contributed by atoms with van der Waals surface area (Å²) in [6.07, 6.45) is 0.967. The SMILES string of the molecule is CCC(N)c1ccc(N2CCN(CC(C)(C)O)CC2)cc1. The van der Waals surface area contributed by atoms with Crippen LogP contribution in [-0.2, 0) is 0 Å². The third-order valence-corrected chi connectivity index (χ3v) is 4.11. The van der Waals surface area contributed by atoms with E-state index in [1.807, 2.05) is 13.8 Å². The number of rotatable bonds is 5. The van der Waals surface area contributed by atoms with Gasteiger partial charge in [0.2, 0.25) is 0 Å². The Labute approximate surface area is 128 Å². The van der Waals surface area contributed by atoms with Gasteiger partial charge < -0.3 is 15.7 Å². The van der Waals surface area contributed by atoms with E-state index in [0.29, 0.717) is 0 Å². The molecule has 1 unspecified atom stereocenters. The summed E-state index contributed by atoms with van der Waals surface area (Å²) in [6.45, 7) is 10.6.